The molecule has 2 aromatic rings. The van der Waals surface area contributed by atoms with E-state index >= 15 is 0 Å². The van der Waals surface area contributed by atoms with Gasteiger partial charge in [0, 0.05) is 25.7 Å². The number of hydrogen-bond acceptors (Lipinski definition) is 3. The second-order valence-electron chi connectivity index (χ2n) is 6.91. The minimum Gasteiger partial charge on any atom is -0.443 e. The number of nitrogens with zero attached hydrogens (tertiary/aromatic N) is 2. The number of likely N-dealkylation sites (N-methyl/N-ethyl adjacent to an activating group) is 1. The van der Waals surface area contributed by atoms with Crippen molar-refractivity contribution in [3.8, 4) is 0 Å². The molecule has 1 aromatic heterocycles. The van der Waals surface area contributed by atoms with Crippen molar-refractivity contribution in [2.45, 2.75) is 39.2 Å². The van der Waals surface area contributed by atoms with Crippen LogP contribution in [0.15, 0.2) is 30.5 Å². The zero-order valence-electron chi connectivity index (χ0n) is 14.6. The second-order valence-corrected chi connectivity index (χ2v) is 6.91. The number of carbonyl (C=O) groups is 2. The van der Waals surface area contributed by atoms with E-state index in [4.69, 9.17) is 4.74 Å². The Morgan fingerprint density at radius 3 is 2.35 bits per heavy atom. The first-order valence-electron chi connectivity index (χ1n) is 7.66. The van der Waals surface area contributed by atoms with Gasteiger partial charge in [-0.3, -0.25) is 9.36 Å². The third-order valence-corrected chi connectivity index (χ3v) is 3.61. The van der Waals surface area contributed by atoms with Crippen molar-refractivity contribution in [3.63, 3.8) is 0 Å². The van der Waals surface area contributed by atoms with Crippen molar-refractivity contribution < 1.29 is 14.3 Å². The molecule has 1 heterocycles. The lowest BCUT2D eigenvalue weighted by Crippen LogP contribution is -2.27. The molecule has 5 nitrogen and oxygen atoms in total. The van der Waals surface area contributed by atoms with Crippen LogP contribution in [0.1, 0.15) is 39.2 Å². The molecule has 1 amide bonds. The van der Waals surface area contributed by atoms with Gasteiger partial charge in [0.05, 0.1) is 11.4 Å². The molecule has 0 aliphatic rings. The van der Waals surface area contributed by atoms with Gasteiger partial charge in [-0.15, -0.1) is 0 Å². The quantitative estimate of drug-likeness (QED) is 0.850. The van der Waals surface area contributed by atoms with Gasteiger partial charge in [-0.1, -0.05) is 18.2 Å². The first-order chi connectivity index (χ1) is 10.6. The Morgan fingerprint density at radius 2 is 1.78 bits per heavy atom. The first-order valence-corrected chi connectivity index (χ1v) is 7.66. The molecule has 1 unspecified atom stereocenters. The number of fused-ring (bicyclic) bond motifs is 1. The van der Waals surface area contributed by atoms with Crippen LogP contribution in [0.5, 0.6) is 0 Å². The van der Waals surface area contributed by atoms with E-state index in [0.717, 1.165) is 16.5 Å². The third kappa shape index (κ3) is 3.55. The average molecular weight is 316 g/mol. The molecule has 1 aromatic carbocycles. The first kappa shape index (κ1) is 17.1. The number of carbonyl (C=O) groups excluding carboxylic acids is 2. The van der Waals surface area contributed by atoms with E-state index in [-0.39, 0.29) is 11.8 Å². The molecule has 1 atom stereocenters. The van der Waals surface area contributed by atoms with E-state index in [2.05, 4.69) is 0 Å². The highest BCUT2D eigenvalue weighted by molar-refractivity contribution is 5.96. The monoisotopic (exact) mass is 316 g/mol. The van der Waals surface area contributed by atoms with E-state index in [1.165, 1.54) is 4.57 Å². The Hall–Kier alpha value is -2.30. The summed E-state index contributed by atoms with van der Waals surface area (Å²) in [4.78, 5) is 26.3. The number of benzene rings is 1. The van der Waals surface area contributed by atoms with E-state index in [0.29, 0.717) is 0 Å². The topological polar surface area (TPSA) is 51.5 Å². The Kier molecular flexibility index (Phi) is 4.50. The predicted octanol–water partition coefficient (Wildman–Crippen LogP) is 3.62. The van der Waals surface area contributed by atoms with Crippen LogP contribution >= 0.6 is 0 Å². The van der Waals surface area contributed by atoms with Crippen molar-refractivity contribution in [2.24, 2.45) is 0 Å². The molecule has 0 fully saturated rings. The van der Waals surface area contributed by atoms with Crippen molar-refractivity contribution in [3.05, 3.63) is 36.0 Å². The van der Waals surface area contributed by atoms with Crippen LogP contribution in [-0.4, -0.2) is 41.2 Å². The van der Waals surface area contributed by atoms with Gasteiger partial charge in [0.2, 0.25) is 5.91 Å². The van der Waals surface area contributed by atoms with E-state index in [1.807, 2.05) is 52.0 Å². The number of amides is 1. The van der Waals surface area contributed by atoms with Gasteiger partial charge >= 0.3 is 6.09 Å². The van der Waals surface area contributed by atoms with Crippen molar-refractivity contribution >= 4 is 22.9 Å². The summed E-state index contributed by atoms with van der Waals surface area (Å²) in [5.74, 6) is -0.337. The normalized spacial score (nSPS) is 13.0. The number of hydrogen-bond donors (Lipinski definition) is 0. The molecule has 0 aliphatic carbocycles. The summed E-state index contributed by atoms with van der Waals surface area (Å²) in [5, 5.41) is 0.890. The van der Waals surface area contributed by atoms with Gasteiger partial charge in [0.1, 0.15) is 5.60 Å². The molecule has 0 spiro atoms. The molecule has 0 bridgehead atoms. The SMILES string of the molecule is CC(C(=O)N(C)C)c1cn(C(=O)OC(C)(C)C)c2ccccc12. The summed E-state index contributed by atoms with van der Waals surface area (Å²) in [6.07, 6.45) is 1.27. The number of ether oxygens (including phenoxy) is 1. The maximum Gasteiger partial charge on any atom is 0.419 e. The largest absolute Gasteiger partial charge is 0.443 e. The van der Waals surface area contributed by atoms with Crippen LogP contribution in [0.3, 0.4) is 0 Å². The molecular formula is C18H24N2O3. The number of para-hydroxylation sites is 1. The number of rotatable bonds is 2. The Labute approximate surface area is 136 Å². The Balaban J connectivity index is 2.53. The zero-order chi connectivity index (χ0) is 17.4. The third-order valence-electron chi connectivity index (χ3n) is 3.61. The lowest BCUT2D eigenvalue weighted by Gasteiger charge is -2.19. The summed E-state index contributed by atoms with van der Waals surface area (Å²) >= 11 is 0. The standard InChI is InChI=1S/C18H24N2O3/c1-12(16(21)19(5)6)14-11-20(17(22)23-18(2,3)4)15-10-8-7-9-13(14)15/h7-12H,1-6H3. The van der Waals surface area contributed by atoms with Gasteiger partial charge in [0.25, 0.3) is 0 Å². The highest BCUT2D eigenvalue weighted by Gasteiger charge is 2.25. The maximum absolute atomic E-state index is 12.5. The predicted molar refractivity (Wildman–Crippen MR) is 90.7 cm³/mol. The minimum atomic E-state index is -0.576. The molecule has 0 N–H and O–H groups in total. The summed E-state index contributed by atoms with van der Waals surface area (Å²) in [6, 6.07) is 7.55. The lowest BCUT2D eigenvalue weighted by atomic mass is 9.99. The molecule has 0 aliphatic heterocycles. The van der Waals surface area contributed by atoms with E-state index < -0.39 is 11.7 Å². The van der Waals surface area contributed by atoms with Crippen molar-refractivity contribution in [1.29, 1.82) is 0 Å². The van der Waals surface area contributed by atoms with Gasteiger partial charge in [-0.2, -0.15) is 0 Å². The van der Waals surface area contributed by atoms with Crippen LogP contribution in [-0.2, 0) is 9.53 Å². The van der Waals surface area contributed by atoms with Gasteiger partial charge in [0.15, 0.2) is 0 Å². The lowest BCUT2D eigenvalue weighted by molar-refractivity contribution is -0.129. The van der Waals surface area contributed by atoms with Crippen LogP contribution in [0.2, 0.25) is 0 Å². The van der Waals surface area contributed by atoms with Crippen molar-refractivity contribution in [2.75, 3.05) is 14.1 Å². The van der Waals surface area contributed by atoms with Gasteiger partial charge in [-0.05, 0) is 39.3 Å². The molecule has 2 rings (SSSR count). The van der Waals surface area contributed by atoms with E-state index in [9.17, 15) is 9.59 Å². The zero-order valence-corrected chi connectivity index (χ0v) is 14.6. The van der Waals surface area contributed by atoms with Gasteiger partial charge < -0.3 is 9.64 Å². The van der Waals surface area contributed by atoms with Crippen LogP contribution in [0.4, 0.5) is 4.79 Å². The molecule has 124 valence electrons. The second kappa shape index (κ2) is 6.07. The molecule has 0 radical (unpaired) electrons. The summed E-state index contributed by atoms with van der Waals surface area (Å²) in [6.45, 7) is 7.34. The van der Waals surface area contributed by atoms with E-state index in [1.54, 1.807) is 25.2 Å². The minimum absolute atomic E-state index is 0.00269. The smallest absolute Gasteiger partial charge is 0.419 e. The van der Waals surface area contributed by atoms with Crippen LogP contribution in [0.25, 0.3) is 10.9 Å². The fraction of sp³-hybridized carbons (Fsp3) is 0.444. The van der Waals surface area contributed by atoms with Gasteiger partial charge in [-0.25, -0.2) is 4.79 Å². The number of aromatic nitrogens is 1. The molecular weight excluding hydrogens is 292 g/mol. The summed E-state index contributed by atoms with van der Waals surface area (Å²) in [5.41, 5.74) is 0.994. The fourth-order valence-corrected chi connectivity index (χ4v) is 2.53. The Morgan fingerprint density at radius 1 is 1.17 bits per heavy atom. The average Bonchev–Trinajstić information content (AvgIpc) is 2.83. The van der Waals surface area contributed by atoms with Crippen molar-refractivity contribution in [1.82, 2.24) is 9.47 Å². The Bertz CT molecular complexity index is 738. The fourth-order valence-electron chi connectivity index (χ4n) is 2.53. The highest BCUT2D eigenvalue weighted by Crippen LogP contribution is 2.29. The maximum atomic E-state index is 12.5. The molecule has 0 saturated carbocycles. The highest BCUT2D eigenvalue weighted by atomic mass is 16.6. The van der Waals surface area contributed by atoms with Crippen LogP contribution in [0, 0.1) is 0 Å². The van der Waals surface area contributed by atoms with Crippen LogP contribution < -0.4 is 0 Å². The molecule has 5 heteroatoms. The molecule has 23 heavy (non-hydrogen) atoms. The summed E-state index contributed by atoms with van der Waals surface area (Å²) in [7, 11) is 3.46. The molecule has 0 saturated heterocycles. The summed E-state index contributed by atoms with van der Waals surface area (Å²) < 4.78 is 6.94.